The predicted molar refractivity (Wildman–Crippen MR) is 89.6 cm³/mol. The van der Waals surface area contributed by atoms with Crippen LogP contribution in [0, 0.1) is 0 Å². The Morgan fingerprint density at radius 2 is 2.08 bits per heavy atom. The van der Waals surface area contributed by atoms with Crippen molar-refractivity contribution in [2.75, 3.05) is 31.9 Å². The Kier molecular flexibility index (Phi) is 4.57. The Labute approximate surface area is 139 Å². The number of rotatable bonds is 4. The third kappa shape index (κ3) is 3.28. The maximum absolute atomic E-state index is 12.3. The fourth-order valence-electron chi connectivity index (χ4n) is 2.81. The van der Waals surface area contributed by atoms with E-state index in [1.54, 1.807) is 9.80 Å². The van der Waals surface area contributed by atoms with Crippen molar-refractivity contribution in [2.24, 2.45) is 5.73 Å². The second-order valence-corrected chi connectivity index (χ2v) is 5.78. The topological polar surface area (TPSA) is 118 Å². The summed E-state index contributed by atoms with van der Waals surface area (Å²) >= 11 is 0. The number of aromatic nitrogens is 2. The molecule has 1 aromatic heterocycles. The summed E-state index contributed by atoms with van der Waals surface area (Å²) in [6.45, 7) is 1.95. The molecule has 0 aliphatic carbocycles. The van der Waals surface area contributed by atoms with Crippen molar-refractivity contribution in [3.8, 4) is 0 Å². The highest BCUT2D eigenvalue weighted by Gasteiger charge is 2.26. The minimum absolute atomic E-state index is 0.0612. The number of benzene rings is 1. The van der Waals surface area contributed by atoms with Crippen LogP contribution in [-0.2, 0) is 16.1 Å². The standard InChI is InChI=1S/C16H20N6O2/c17-4-3-14(23)22-6-5-21(15(24)9-22)8-11-1-2-12-13(7-11)19-10-20-16(12)18/h1-2,7,10H,3-6,8-9,17H2,(H2,18,19,20). The molecule has 1 fully saturated rings. The van der Waals surface area contributed by atoms with Crippen molar-refractivity contribution >= 4 is 28.5 Å². The SMILES string of the molecule is NCCC(=O)N1CCN(Cc2ccc3c(N)ncnc3c2)C(=O)C1. The van der Waals surface area contributed by atoms with Crippen molar-refractivity contribution in [1.29, 1.82) is 0 Å². The molecule has 8 heteroatoms. The lowest BCUT2D eigenvalue weighted by atomic mass is 10.1. The summed E-state index contributed by atoms with van der Waals surface area (Å²) in [6, 6.07) is 5.69. The van der Waals surface area contributed by atoms with Crippen LogP contribution in [0.4, 0.5) is 5.82 Å². The van der Waals surface area contributed by atoms with Crippen LogP contribution in [0.5, 0.6) is 0 Å². The zero-order valence-corrected chi connectivity index (χ0v) is 13.3. The third-order valence-electron chi connectivity index (χ3n) is 4.13. The number of piperazine rings is 1. The van der Waals surface area contributed by atoms with Gasteiger partial charge in [0.1, 0.15) is 12.1 Å². The van der Waals surface area contributed by atoms with Gasteiger partial charge in [-0.15, -0.1) is 0 Å². The van der Waals surface area contributed by atoms with Gasteiger partial charge in [0.25, 0.3) is 0 Å². The van der Waals surface area contributed by atoms with Gasteiger partial charge in [0.05, 0.1) is 12.1 Å². The molecule has 24 heavy (non-hydrogen) atoms. The molecule has 4 N–H and O–H groups in total. The van der Waals surface area contributed by atoms with E-state index >= 15 is 0 Å². The summed E-state index contributed by atoms with van der Waals surface area (Å²) in [7, 11) is 0. The lowest BCUT2D eigenvalue weighted by molar-refractivity contribution is -0.145. The van der Waals surface area contributed by atoms with E-state index in [2.05, 4.69) is 9.97 Å². The van der Waals surface area contributed by atoms with Crippen molar-refractivity contribution in [1.82, 2.24) is 19.8 Å². The first kappa shape index (κ1) is 16.1. The molecule has 0 unspecified atom stereocenters. The van der Waals surface area contributed by atoms with Crippen LogP contribution in [0.1, 0.15) is 12.0 Å². The molecule has 0 atom stereocenters. The lowest BCUT2D eigenvalue weighted by Gasteiger charge is -2.34. The second kappa shape index (κ2) is 6.79. The molecular weight excluding hydrogens is 308 g/mol. The highest BCUT2D eigenvalue weighted by atomic mass is 16.2. The van der Waals surface area contributed by atoms with E-state index in [1.165, 1.54) is 6.33 Å². The number of fused-ring (bicyclic) bond motifs is 1. The van der Waals surface area contributed by atoms with Gasteiger partial charge >= 0.3 is 0 Å². The van der Waals surface area contributed by atoms with E-state index in [9.17, 15) is 9.59 Å². The summed E-state index contributed by atoms with van der Waals surface area (Å²) in [5, 5.41) is 0.796. The molecule has 2 heterocycles. The predicted octanol–water partition coefficient (Wildman–Crippen LogP) is -0.268. The van der Waals surface area contributed by atoms with Crippen LogP contribution in [-0.4, -0.2) is 57.8 Å². The molecule has 2 aromatic rings. The first-order valence-electron chi connectivity index (χ1n) is 7.83. The van der Waals surface area contributed by atoms with Gasteiger partial charge in [-0.05, 0) is 17.7 Å². The Hall–Kier alpha value is -2.74. The Morgan fingerprint density at radius 1 is 1.25 bits per heavy atom. The van der Waals surface area contributed by atoms with Crippen LogP contribution < -0.4 is 11.5 Å². The van der Waals surface area contributed by atoms with Crippen LogP contribution in [0.2, 0.25) is 0 Å². The first-order valence-corrected chi connectivity index (χ1v) is 7.83. The zero-order chi connectivity index (χ0) is 17.1. The minimum atomic E-state index is -0.0663. The van der Waals surface area contributed by atoms with Crippen molar-refractivity contribution < 1.29 is 9.59 Å². The molecule has 0 bridgehead atoms. The van der Waals surface area contributed by atoms with Gasteiger partial charge in [-0.2, -0.15) is 0 Å². The van der Waals surface area contributed by atoms with Gasteiger partial charge in [0.2, 0.25) is 11.8 Å². The first-order chi connectivity index (χ1) is 11.6. The number of carbonyl (C=O) groups excluding carboxylic acids is 2. The van der Waals surface area contributed by atoms with E-state index in [0.29, 0.717) is 32.0 Å². The molecule has 0 saturated carbocycles. The number of hydrogen-bond donors (Lipinski definition) is 2. The number of hydrogen-bond acceptors (Lipinski definition) is 6. The van der Waals surface area contributed by atoms with E-state index < -0.39 is 0 Å². The molecule has 3 rings (SSSR count). The molecule has 1 aliphatic rings. The van der Waals surface area contributed by atoms with Gasteiger partial charge < -0.3 is 21.3 Å². The summed E-state index contributed by atoms with van der Waals surface area (Å²) in [5.74, 6) is 0.312. The zero-order valence-electron chi connectivity index (χ0n) is 13.3. The fourth-order valence-corrected chi connectivity index (χ4v) is 2.81. The average Bonchev–Trinajstić information content (AvgIpc) is 2.57. The summed E-state index contributed by atoms with van der Waals surface area (Å²) < 4.78 is 0. The largest absolute Gasteiger partial charge is 0.383 e. The third-order valence-corrected chi connectivity index (χ3v) is 4.13. The van der Waals surface area contributed by atoms with Crippen LogP contribution in [0.25, 0.3) is 10.9 Å². The van der Waals surface area contributed by atoms with Crippen molar-refractivity contribution in [3.63, 3.8) is 0 Å². The van der Waals surface area contributed by atoms with Crippen molar-refractivity contribution in [2.45, 2.75) is 13.0 Å². The average molecular weight is 328 g/mol. The monoisotopic (exact) mass is 328 g/mol. The van der Waals surface area contributed by atoms with Crippen LogP contribution in [0.3, 0.4) is 0 Å². The number of nitrogens with two attached hydrogens (primary N) is 2. The van der Waals surface area contributed by atoms with Crippen LogP contribution >= 0.6 is 0 Å². The van der Waals surface area contributed by atoms with E-state index in [1.807, 2.05) is 18.2 Å². The number of nitrogen functional groups attached to an aromatic ring is 1. The van der Waals surface area contributed by atoms with Crippen LogP contribution in [0.15, 0.2) is 24.5 Å². The molecule has 2 amide bonds. The fraction of sp³-hybridized carbons (Fsp3) is 0.375. The second-order valence-electron chi connectivity index (χ2n) is 5.78. The molecule has 126 valence electrons. The molecule has 8 nitrogen and oxygen atoms in total. The number of nitrogens with zero attached hydrogens (tertiary/aromatic N) is 4. The number of carbonyl (C=O) groups is 2. The van der Waals surface area contributed by atoms with Gasteiger partial charge in [-0.1, -0.05) is 6.07 Å². The summed E-state index contributed by atoms with van der Waals surface area (Å²) in [5.41, 5.74) is 12.9. The number of anilines is 1. The number of amides is 2. The molecular formula is C16H20N6O2. The Bertz CT molecular complexity index is 778. The maximum atomic E-state index is 12.3. The summed E-state index contributed by atoms with van der Waals surface area (Å²) in [6.07, 6.45) is 1.70. The van der Waals surface area contributed by atoms with E-state index in [-0.39, 0.29) is 24.8 Å². The smallest absolute Gasteiger partial charge is 0.242 e. The molecule has 0 radical (unpaired) electrons. The molecule has 0 spiro atoms. The van der Waals surface area contributed by atoms with E-state index in [4.69, 9.17) is 11.5 Å². The van der Waals surface area contributed by atoms with E-state index in [0.717, 1.165) is 16.5 Å². The molecule has 1 aromatic carbocycles. The Morgan fingerprint density at radius 3 is 2.83 bits per heavy atom. The van der Waals surface area contributed by atoms with Gasteiger partial charge in [-0.3, -0.25) is 9.59 Å². The molecule has 1 aliphatic heterocycles. The van der Waals surface area contributed by atoms with Crippen molar-refractivity contribution in [3.05, 3.63) is 30.1 Å². The minimum Gasteiger partial charge on any atom is -0.383 e. The lowest BCUT2D eigenvalue weighted by Crippen LogP contribution is -2.52. The van der Waals surface area contributed by atoms with Gasteiger partial charge in [0, 0.05) is 38.0 Å². The highest BCUT2D eigenvalue weighted by Crippen LogP contribution is 2.19. The Balaban J connectivity index is 1.69. The summed E-state index contributed by atoms with van der Waals surface area (Å²) in [4.78, 5) is 35.6. The maximum Gasteiger partial charge on any atom is 0.242 e. The highest BCUT2D eigenvalue weighted by molar-refractivity contribution is 5.88. The van der Waals surface area contributed by atoms with Gasteiger partial charge in [-0.25, -0.2) is 9.97 Å². The normalized spacial score (nSPS) is 15.1. The quantitative estimate of drug-likeness (QED) is 0.797. The molecule has 1 saturated heterocycles. The van der Waals surface area contributed by atoms with Gasteiger partial charge in [0.15, 0.2) is 0 Å².